The van der Waals surface area contributed by atoms with E-state index in [-0.39, 0.29) is 17.4 Å². The van der Waals surface area contributed by atoms with Crippen LogP contribution in [-0.4, -0.2) is 45.8 Å². The molecular weight excluding hydrogens is 354 g/mol. The van der Waals surface area contributed by atoms with E-state index in [4.69, 9.17) is 0 Å². The Kier molecular flexibility index (Phi) is 4.47. The van der Waals surface area contributed by atoms with Crippen LogP contribution in [0.15, 0.2) is 54.7 Å². The van der Waals surface area contributed by atoms with Gasteiger partial charge in [0.2, 0.25) is 0 Å². The normalized spacial score (nSPS) is 13.4. The molecule has 4 rings (SSSR count). The van der Waals surface area contributed by atoms with Gasteiger partial charge in [-0.1, -0.05) is 24.3 Å². The van der Waals surface area contributed by atoms with Crippen molar-refractivity contribution in [3.8, 4) is 16.8 Å². The average molecular weight is 375 g/mol. The fourth-order valence-corrected chi connectivity index (χ4v) is 3.39. The Hall–Kier alpha value is -3.41. The van der Waals surface area contributed by atoms with Crippen LogP contribution in [0.4, 0.5) is 0 Å². The van der Waals surface area contributed by atoms with E-state index in [1.54, 1.807) is 29.7 Å². The summed E-state index contributed by atoms with van der Waals surface area (Å²) in [6.07, 6.45) is 3.40. The van der Waals surface area contributed by atoms with E-state index in [1.165, 1.54) is 6.20 Å². The van der Waals surface area contributed by atoms with Gasteiger partial charge >= 0.3 is 5.97 Å². The van der Waals surface area contributed by atoms with Crippen molar-refractivity contribution in [2.24, 2.45) is 0 Å². The molecular formula is C22H21N3O3. The Morgan fingerprint density at radius 3 is 2.39 bits per heavy atom. The van der Waals surface area contributed by atoms with Gasteiger partial charge in [-0.25, -0.2) is 9.48 Å². The van der Waals surface area contributed by atoms with Crippen LogP contribution in [0, 0.1) is 0 Å². The van der Waals surface area contributed by atoms with Crippen LogP contribution in [0.2, 0.25) is 0 Å². The lowest BCUT2D eigenvalue weighted by atomic mass is 10.0. The molecule has 0 spiro atoms. The number of benzene rings is 2. The lowest BCUT2D eigenvalue weighted by molar-refractivity contribution is 0.0695. The van der Waals surface area contributed by atoms with Gasteiger partial charge in [-0.05, 0) is 48.2 Å². The van der Waals surface area contributed by atoms with Crippen LogP contribution >= 0.6 is 0 Å². The highest BCUT2D eigenvalue weighted by Gasteiger charge is 2.32. The third-order valence-electron chi connectivity index (χ3n) is 4.94. The maximum Gasteiger partial charge on any atom is 0.339 e. The summed E-state index contributed by atoms with van der Waals surface area (Å²) in [6.45, 7) is 0. The van der Waals surface area contributed by atoms with Crippen molar-refractivity contribution in [3.63, 3.8) is 0 Å². The van der Waals surface area contributed by atoms with Crippen molar-refractivity contribution < 1.29 is 14.7 Å². The zero-order chi connectivity index (χ0) is 19.8. The predicted octanol–water partition coefficient (Wildman–Crippen LogP) is 3.82. The number of aromatic nitrogens is 2. The molecule has 142 valence electrons. The van der Waals surface area contributed by atoms with Crippen LogP contribution in [0.5, 0.6) is 0 Å². The second-order valence-corrected chi connectivity index (χ2v) is 7.27. The van der Waals surface area contributed by atoms with Crippen molar-refractivity contribution in [1.82, 2.24) is 14.7 Å². The van der Waals surface area contributed by atoms with Gasteiger partial charge in [0.1, 0.15) is 5.56 Å². The van der Waals surface area contributed by atoms with E-state index in [9.17, 15) is 14.7 Å². The molecule has 1 fully saturated rings. The molecule has 0 atom stereocenters. The van der Waals surface area contributed by atoms with Gasteiger partial charge in [0, 0.05) is 25.6 Å². The number of carbonyl (C=O) groups excluding carboxylic acids is 1. The second-order valence-electron chi connectivity index (χ2n) is 7.27. The van der Waals surface area contributed by atoms with Crippen LogP contribution in [-0.2, 0) is 0 Å². The highest BCUT2D eigenvalue weighted by Crippen LogP contribution is 2.42. The molecule has 3 aromatic rings. The third kappa shape index (κ3) is 3.29. The van der Waals surface area contributed by atoms with Gasteiger partial charge in [0.05, 0.1) is 17.6 Å². The zero-order valence-electron chi connectivity index (χ0n) is 15.8. The van der Waals surface area contributed by atoms with E-state index >= 15 is 0 Å². The Labute approximate surface area is 163 Å². The number of nitrogens with zero attached hydrogens (tertiary/aromatic N) is 3. The molecule has 1 aliphatic rings. The first kappa shape index (κ1) is 18.0. The first-order valence-corrected chi connectivity index (χ1v) is 9.19. The quantitative estimate of drug-likeness (QED) is 0.736. The van der Waals surface area contributed by atoms with Gasteiger partial charge in [-0.15, -0.1) is 0 Å². The number of amides is 1. The Balaban J connectivity index is 1.75. The summed E-state index contributed by atoms with van der Waals surface area (Å²) < 4.78 is 1.74. The molecule has 6 heteroatoms. The Morgan fingerprint density at radius 2 is 1.75 bits per heavy atom. The number of aromatic carboxylic acids is 1. The van der Waals surface area contributed by atoms with Crippen molar-refractivity contribution >= 4 is 11.9 Å². The standard InChI is InChI=1S/C22H21N3O3/c1-24(2)21(26)17-7-3-5-15(11-17)16-6-4-8-18(12-16)25-20(14-9-10-14)19(13-23-25)22(27)28/h3-8,11-14H,9-10H2,1-2H3,(H,27,28). The SMILES string of the molecule is CN(C)C(=O)c1cccc(-c2cccc(-n3ncc(C(=O)O)c3C3CC3)c2)c1. The minimum atomic E-state index is -0.945. The highest BCUT2D eigenvalue weighted by molar-refractivity contribution is 5.95. The number of rotatable bonds is 5. The number of carbonyl (C=O) groups is 2. The Morgan fingerprint density at radius 1 is 1.07 bits per heavy atom. The maximum absolute atomic E-state index is 12.3. The largest absolute Gasteiger partial charge is 0.478 e. The molecule has 1 aliphatic carbocycles. The summed E-state index contributed by atoms with van der Waals surface area (Å²) in [5.74, 6) is -0.746. The van der Waals surface area contributed by atoms with Gasteiger partial charge in [0.15, 0.2) is 0 Å². The molecule has 1 heterocycles. The smallest absolute Gasteiger partial charge is 0.339 e. The predicted molar refractivity (Wildman–Crippen MR) is 106 cm³/mol. The molecule has 1 saturated carbocycles. The van der Waals surface area contributed by atoms with Crippen molar-refractivity contribution in [1.29, 1.82) is 0 Å². The van der Waals surface area contributed by atoms with E-state index < -0.39 is 5.97 Å². The highest BCUT2D eigenvalue weighted by atomic mass is 16.4. The molecule has 0 saturated heterocycles. The van der Waals surface area contributed by atoms with Gasteiger partial charge in [-0.3, -0.25) is 4.79 Å². The molecule has 1 amide bonds. The van der Waals surface area contributed by atoms with Crippen molar-refractivity contribution in [2.75, 3.05) is 14.1 Å². The third-order valence-corrected chi connectivity index (χ3v) is 4.94. The van der Waals surface area contributed by atoms with Crippen LogP contribution in [0.1, 0.15) is 45.2 Å². The Bertz CT molecular complexity index is 1060. The number of hydrogen-bond acceptors (Lipinski definition) is 3. The van der Waals surface area contributed by atoms with Gasteiger partial charge in [-0.2, -0.15) is 5.10 Å². The first-order valence-electron chi connectivity index (χ1n) is 9.19. The van der Waals surface area contributed by atoms with E-state index in [1.807, 2.05) is 42.5 Å². The minimum absolute atomic E-state index is 0.0489. The van der Waals surface area contributed by atoms with Crippen LogP contribution < -0.4 is 0 Å². The molecule has 0 radical (unpaired) electrons. The van der Waals surface area contributed by atoms with Gasteiger partial charge in [0.25, 0.3) is 5.91 Å². The molecule has 0 aliphatic heterocycles. The lowest BCUT2D eigenvalue weighted by Crippen LogP contribution is -2.21. The number of hydrogen-bond donors (Lipinski definition) is 1. The first-order chi connectivity index (χ1) is 13.5. The number of carboxylic acid groups (broad SMARTS) is 1. The minimum Gasteiger partial charge on any atom is -0.478 e. The van der Waals surface area contributed by atoms with E-state index in [0.29, 0.717) is 5.56 Å². The number of carboxylic acids is 1. The molecule has 6 nitrogen and oxygen atoms in total. The molecule has 0 bridgehead atoms. The summed E-state index contributed by atoms with van der Waals surface area (Å²) >= 11 is 0. The fraction of sp³-hybridized carbons (Fsp3) is 0.227. The summed E-state index contributed by atoms with van der Waals surface area (Å²) in [4.78, 5) is 25.4. The van der Waals surface area contributed by atoms with Crippen molar-refractivity contribution in [3.05, 3.63) is 71.5 Å². The molecule has 0 unspecified atom stereocenters. The van der Waals surface area contributed by atoms with E-state index in [0.717, 1.165) is 35.3 Å². The topological polar surface area (TPSA) is 75.4 Å². The van der Waals surface area contributed by atoms with Crippen LogP contribution in [0.3, 0.4) is 0 Å². The van der Waals surface area contributed by atoms with Gasteiger partial charge < -0.3 is 10.0 Å². The summed E-state index contributed by atoms with van der Waals surface area (Å²) in [6, 6.07) is 15.3. The lowest BCUT2D eigenvalue weighted by Gasteiger charge is -2.12. The zero-order valence-corrected chi connectivity index (χ0v) is 15.8. The fourth-order valence-electron chi connectivity index (χ4n) is 3.39. The monoisotopic (exact) mass is 375 g/mol. The van der Waals surface area contributed by atoms with Crippen molar-refractivity contribution in [2.45, 2.75) is 18.8 Å². The maximum atomic E-state index is 12.3. The molecule has 1 aromatic heterocycles. The summed E-state index contributed by atoms with van der Waals surface area (Å²) in [5, 5.41) is 13.8. The second kappa shape index (κ2) is 6.96. The molecule has 1 N–H and O–H groups in total. The summed E-state index contributed by atoms with van der Waals surface area (Å²) in [7, 11) is 3.46. The molecule has 2 aromatic carbocycles. The average Bonchev–Trinajstić information content (AvgIpc) is 3.44. The van der Waals surface area contributed by atoms with Crippen LogP contribution in [0.25, 0.3) is 16.8 Å². The van der Waals surface area contributed by atoms with E-state index in [2.05, 4.69) is 5.10 Å². The summed E-state index contributed by atoms with van der Waals surface area (Å²) in [5.41, 5.74) is 4.34. The molecule has 28 heavy (non-hydrogen) atoms.